The number of amides is 3. The Labute approximate surface area is 236 Å². The normalized spacial score (nSPS) is 16.9. The number of likely N-dealkylation sites (N-methyl/N-ethyl adjacent to an activating group) is 1. The molecule has 4 rings (SSSR count). The van der Waals surface area contributed by atoms with E-state index in [0.717, 1.165) is 74.6 Å². The fourth-order valence-electron chi connectivity index (χ4n) is 5.81. The molecule has 2 aromatic rings. The van der Waals surface area contributed by atoms with Crippen molar-refractivity contribution in [2.24, 2.45) is 5.92 Å². The number of hydrogen-bond donors (Lipinski definition) is 4. The average Bonchev–Trinajstić information content (AvgIpc) is 2.98. The highest BCUT2D eigenvalue weighted by Crippen LogP contribution is 2.28. The van der Waals surface area contributed by atoms with Crippen molar-refractivity contribution < 1.29 is 14.4 Å². The average molecular weight is 550 g/mol. The lowest BCUT2D eigenvalue weighted by Gasteiger charge is -2.31. The maximum atomic E-state index is 13.7. The fraction of sp³-hybridized carbons (Fsp3) is 0.548. The molecule has 1 heterocycles. The molecule has 4 N–H and O–H groups in total. The molecule has 2 aliphatic rings. The van der Waals surface area contributed by atoms with Gasteiger partial charge in [0.15, 0.2) is 0 Å². The monoisotopic (exact) mass is 549 g/mol. The summed E-state index contributed by atoms with van der Waals surface area (Å²) >= 11 is 0. The van der Waals surface area contributed by atoms with Gasteiger partial charge in [0.25, 0.3) is 5.56 Å². The van der Waals surface area contributed by atoms with Gasteiger partial charge in [0.05, 0.1) is 6.04 Å². The number of pyridine rings is 1. The van der Waals surface area contributed by atoms with Gasteiger partial charge in [0.2, 0.25) is 17.7 Å². The first kappa shape index (κ1) is 29.5. The number of nitrogens with zero attached hydrogens (tertiary/aromatic N) is 1. The Bertz CT molecular complexity index is 1240. The first-order valence-corrected chi connectivity index (χ1v) is 14.7. The first-order valence-electron chi connectivity index (χ1n) is 14.7. The molecule has 2 atom stereocenters. The number of hydrogen-bond acceptors (Lipinski definition) is 5. The molecular weight excluding hydrogens is 506 g/mol. The number of aryl methyl sites for hydroxylation is 1. The second-order valence-corrected chi connectivity index (χ2v) is 11.1. The van der Waals surface area contributed by atoms with Crippen molar-refractivity contribution in [2.75, 3.05) is 18.9 Å². The van der Waals surface area contributed by atoms with Crippen molar-refractivity contribution in [3.05, 3.63) is 63.6 Å². The van der Waals surface area contributed by atoms with Crippen LogP contribution in [0, 0.1) is 5.92 Å². The third kappa shape index (κ3) is 7.59. The van der Waals surface area contributed by atoms with E-state index >= 15 is 0 Å². The largest absolute Gasteiger partial charge is 0.354 e. The Morgan fingerprint density at radius 2 is 1.70 bits per heavy atom. The van der Waals surface area contributed by atoms with Crippen LogP contribution in [-0.2, 0) is 40.2 Å². The Morgan fingerprint density at radius 3 is 2.42 bits per heavy atom. The number of rotatable bonds is 11. The fourth-order valence-corrected chi connectivity index (χ4v) is 5.81. The summed E-state index contributed by atoms with van der Waals surface area (Å²) in [7, 11) is 1.70. The summed E-state index contributed by atoms with van der Waals surface area (Å²) in [6.07, 6.45) is 9.00. The topological polar surface area (TPSA) is 121 Å². The quantitative estimate of drug-likeness (QED) is 0.344. The van der Waals surface area contributed by atoms with E-state index in [1.807, 2.05) is 30.3 Å². The first-order chi connectivity index (χ1) is 19.4. The Morgan fingerprint density at radius 1 is 0.975 bits per heavy atom. The predicted octanol–water partition coefficient (Wildman–Crippen LogP) is 2.70. The van der Waals surface area contributed by atoms with Gasteiger partial charge in [-0.2, -0.15) is 0 Å². The van der Waals surface area contributed by atoms with Crippen molar-refractivity contribution in [3.8, 4) is 0 Å². The van der Waals surface area contributed by atoms with Crippen molar-refractivity contribution in [3.63, 3.8) is 0 Å². The molecule has 0 radical (unpaired) electrons. The summed E-state index contributed by atoms with van der Waals surface area (Å²) in [6.45, 7) is 2.13. The van der Waals surface area contributed by atoms with Gasteiger partial charge in [-0.05, 0) is 82.0 Å². The van der Waals surface area contributed by atoms with Gasteiger partial charge in [0.1, 0.15) is 18.3 Å². The van der Waals surface area contributed by atoms with Crippen LogP contribution in [-0.4, -0.2) is 48.0 Å². The SMILES string of the molecule is CN[C@@H](C)C(=O)N[C@H](C(=O)Nc1cc2c(n(CC(=O)NCCc3ccccc3)c1=O)CCCC2)C1CCCCC1. The van der Waals surface area contributed by atoms with E-state index in [1.54, 1.807) is 20.0 Å². The molecule has 216 valence electrons. The van der Waals surface area contributed by atoms with E-state index in [1.165, 1.54) is 4.57 Å². The minimum atomic E-state index is -0.728. The summed E-state index contributed by atoms with van der Waals surface area (Å²) in [6, 6.07) is 10.5. The number of anilines is 1. The van der Waals surface area contributed by atoms with Crippen molar-refractivity contribution in [2.45, 2.75) is 89.8 Å². The second kappa shape index (κ2) is 14.3. The number of aromatic nitrogens is 1. The van der Waals surface area contributed by atoms with E-state index in [0.29, 0.717) is 13.0 Å². The smallest absolute Gasteiger partial charge is 0.275 e. The summed E-state index contributed by atoms with van der Waals surface area (Å²) in [4.78, 5) is 52.9. The molecule has 0 aliphatic heterocycles. The highest BCUT2D eigenvalue weighted by Gasteiger charge is 2.33. The van der Waals surface area contributed by atoms with Crippen molar-refractivity contribution >= 4 is 23.4 Å². The molecular formula is C31H43N5O4. The third-order valence-corrected chi connectivity index (χ3v) is 8.27. The minimum absolute atomic E-state index is 0.0111. The van der Waals surface area contributed by atoms with E-state index in [9.17, 15) is 19.2 Å². The standard InChI is InChI=1S/C31H43N5O4/c1-21(32-2)29(38)35-28(23-13-7-4-8-14-23)30(39)34-25-19-24-15-9-10-16-26(24)36(31(25)40)20-27(37)33-18-17-22-11-5-3-6-12-22/h3,5-6,11-12,19,21,23,28,32H,4,7-10,13-18,20H2,1-2H3,(H,33,37)(H,34,39)(H,35,38)/t21-,28-/m0/s1. The van der Waals surface area contributed by atoms with Crippen LogP contribution < -0.4 is 26.8 Å². The van der Waals surface area contributed by atoms with Gasteiger partial charge in [-0.25, -0.2) is 0 Å². The molecule has 1 fully saturated rings. The Kier molecular flexibility index (Phi) is 10.5. The molecule has 9 nitrogen and oxygen atoms in total. The zero-order chi connectivity index (χ0) is 28.5. The Balaban J connectivity index is 1.52. The number of carbonyl (C=O) groups excluding carboxylic acids is 3. The lowest BCUT2D eigenvalue weighted by molar-refractivity contribution is -0.128. The van der Waals surface area contributed by atoms with Crippen LogP contribution in [0.5, 0.6) is 0 Å². The number of nitrogens with one attached hydrogen (secondary N) is 4. The lowest BCUT2D eigenvalue weighted by atomic mass is 9.83. The van der Waals surface area contributed by atoms with Gasteiger partial charge >= 0.3 is 0 Å². The highest BCUT2D eigenvalue weighted by molar-refractivity contribution is 5.98. The number of benzene rings is 1. The van der Waals surface area contributed by atoms with E-state index < -0.39 is 12.1 Å². The molecule has 1 saturated carbocycles. The zero-order valence-corrected chi connectivity index (χ0v) is 23.8. The molecule has 1 aromatic heterocycles. The van der Waals surface area contributed by atoms with Crippen molar-refractivity contribution in [1.29, 1.82) is 0 Å². The maximum absolute atomic E-state index is 13.7. The molecule has 0 spiro atoms. The van der Waals surface area contributed by atoms with Crippen LogP contribution in [0.4, 0.5) is 5.69 Å². The van der Waals surface area contributed by atoms with Gasteiger partial charge < -0.3 is 25.8 Å². The molecule has 40 heavy (non-hydrogen) atoms. The maximum Gasteiger partial charge on any atom is 0.275 e. The van der Waals surface area contributed by atoms with Crippen LogP contribution in [0.15, 0.2) is 41.2 Å². The minimum Gasteiger partial charge on any atom is -0.354 e. The third-order valence-electron chi connectivity index (χ3n) is 8.27. The van der Waals surface area contributed by atoms with Crippen LogP contribution >= 0.6 is 0 Å². The molecule has 9 heteroatoms. The van der Waals surface area contributed by atoms with Crippen molar-refractivity contribution in [1.82, 2.24) is 20.5 Å². The van der Waals surface area contributed by atoms with Crippen LogP contribution in [0.2, 0.25) is 0 Å². The summed E-state index contributed by atoms with van der Waals surface area (Å²) in [5, 5.41) is 11.6. The van der Waals surface area contributed by atoms with Gasteiger partial charge in [-0.15, -0.1) is 0 Å². The molecule has 2 aliphatic carbocycles. The van der Waals surface area contributed by atoms with Gasteiger partial charge in [-0.1, -0.05) is 49.6 Å². The van der Waals surface area contributed by atoms with E-state index in [2.05, 4.69) is 21.3 Å². The molecule has 1 aromatic carbocycles. The summed E-state index contributed by atoms with van der Waals surface area (Å²) in [5.41, 5.74) is 2.77. The highest BCUT2D eigenvalue weighted by atomic mass is 16.2. The van der Waals surface area contributed by atoms with Crippen LogP contribution in [0.25, 0.3) is 0 Å². The van der Waals surface area contributed by atoms with Crippen LogP contribution in [0.3, 0.4) is 0 Å². The van der Waals surface area contributed by atoms with E-state index in [4.69, 9.17) is 0 Å². The second-order valence-electron chi connectivity index (χ2n) is 11.1. The molecule has 0 unspecified atom stereocenters. The van der Waals surface area contributed by atoms with E-state index in [-0.39, 0.29) is 41.4 Å². The zero-order valence-electron chi connectivity index (χ0n) is 23.8. The summed E-state index contributed by atoms with van der Waals surface area (Å²) < 4.78 is 1.53. The predicted molar refractivity (Wildman–Crippen MR) is 156 cm³/mol. The molecule has 0 bridgehead atoms. The Hall–Kier alpha value is -3.46. The molecule has 3 amide bonds. The van der Waals surface area contributed by atoms with Gasteiger partial charge in [-0.3, -0.25) is 19.2 Å². The van der Waals surface area contributed by atoms with Crippen LogP contribution in [0.1, 0.15) is 68.7 Å². The number of carbonyl (C=O) groups is 3. The molecule has 0 saturated heterocycles. The summed E-state index contributed by atoms with van der Waals surface area (Å²) in [5.74, 6) is -0.849. The van der Waals surface area contributed by atoms with Gasteiger partial charge in [0, 0.05) is 12.2 Å². The number of fused-ring (bicyclic) bond motifs is 1. The lowest BCUT2D eigenvalue weighted by Crippen LogP contribution is -2.53.